The molecule has 0 spiro atoms. The van der Waals surface area contributed by atoms with Gasteiger partial charge in [0, 0.05) is 31.0 Å². The molecule has 0 radical (unpaired) electrons. The Morgan fingerprint density at radius 3 is 3.00 bits per heavy atom. The highest BCUT2D eigenvalue weighted by molar-refractivity contribution is 7.14. The van der Waals surface area contributed by atoms with Crippen molar-refractivity contribution >= 4 is 28.2 Å². The van der Waals surface area contributed by atoms with Crippen molar-refractivity contribution in [3.63, 3.8) is 0 Å². The van der Waals surface area contributed by atoms with Crippen molar-refractivity contribution < 1.29 is 14.4 Å². The molecule has 1 unspecified atom stereocenters. The first-order chi connectivity index (χ1) is 9.65. The number of thiophene rings is 1. The van der Waals surface area contributed by atoms with Gasteiger partial charge in [0.1, 0.15) is 6.04 Å². The van der Waals surface area contributed by atoms with Crippen LogP contribution >= 0.6 is 11.3 Å². The maximum atomic E-state index is 12.4. The average molecular weight is 295 g/mol. The zero-order valence-electron chi connectivity index (χ0n) is 11.5. The number of amides is 2. The van der Waals surface area contributed by atoms with Crippen LogP contribution in [0.1, 0.15) is 25.3 Å². The molecule has 2 aliphatic rings. The summed E-state index contributed by atoms with van der Waals surface area (Å²) >= 11 is 1.59. The number of nitrogens with one attached hydrogen (secondary N) is 1. The lowest BCUT2D eigenvalue weighted by atomic mass is 10.0. The van der Waals surface area contributed by atoms with Crippen LogP contribution in [0.5, 0.6) is 5.75 Å². The van der Waals surface area contributed by atoms with Crippen molar-refractivity contribution in [2.75, 3.05) is 18.9 Å². The Morgan fingerprint density at radius 2 is 2.30 bits per heavy atom. The van der Waals surface area contributed by atoms with E-state index >= 15 is 0 Å². The van der Waals surface area contributed by atoms with Crippen LogP contribution in [0.15, 0.2) is 5.38 Å². The van der Waals surface area contributed by atoms with Crippen molar-refractivity contribution in [2.45, 2.75) is 32.4 Å². The highest BCUT2D eigenvalue weighted by atomic mass is 32.1. The van der Waals surface area contributed by atoms with Gasteiger partial charge in [-0.25, -0.2) is 0 Å². The number of anilines is 1. The molecule has 0 aromatic carbocycles. The highest BCUT2D eigenvalue weighted by Crippen LogP contribution is 2.41. The van der Waals surface area contributed by atoms with Gasteiger partial charge < -0.3 is 10.2 Å². The number of nitrogens with zero attached hydrogens (tertiary/aromatic N) is 2. The van der Waals surface area contributed by atoms with Gasteiger partial charge in [-0.1, -0.05) is 0 Å². The Hall–Kier alpha value is -1.60. The Morgan fingerprint density at radius 1 is 1.50 bits per heavy atom. The summed E-state index contributed by atoms with van der Waals surface area (Å²) in [6.07, 6.45) is 0.923. The predicted octanol–water partition coefficient (Wildman–Crippen LogP) is 1.44. The van der Waals surface area contributed by atoms with Crippen LogP contribution < -0.4 is 10.2 Å². The predicted molar refractivity (Wildman–Crippen MR) is 75.5 cm³/mol. The molecule has 2 amide bonds. The van der Waals surface area contributed by atoms with Crippen LogP contribution in [0, 0.1) is 0 Å². The Bertz CT molecular complexity index is 557. The second-order valence-electron chi connectivity index (χ2n) is 4.85. The zero-order chi connectivity index (χ0) is 14.3. The minimum atomic E-state index is -0.366. The van der Waals surface area contributed by atoms with E-state index in [1.165, 1.54) is 4.90 Å². The number of carbonyl (C=O) groups is 2. The van der Waals surface area contributed by atoms with E-state index < -0.39 is 0 Å². The van der Waals surface area contributed by atoms with E-state index in [1.807, 2.05) is 19.4 Å². The standard InChI is InChI=1S/C13H17N3O3S/c1-3-15-11(17)5-4-9(13(15)18)16-6-8-10(19-16)7-20-12(8)14-2/h7,9,14H,3-6H2,1-2H3. The Balaban J connectivity index is 1.77. The van der Waals surface area contributed by atoms with Crippen LogP contribution in [0.25, 0.3) is 0 Å². The SMILES string of the molecule is CCN1C(=O)CCC(N2Cc3c(csc3NC)O2)C1=O. The largest absolute Gasteiger partial charge is 0.404 e. The second-order valence-corrected chi connectivity index (χ2v) is 5.73. The number of fused-ring (bicyclic) bond motifs is 1. The molecule has 2 aliphatic heterocycles. The molecule has 1 fully saturated rings. The van der Waals surface area contributed by atoms with E-state index in [1.54, 1.807) is 16.4 Å². The number of likely N-dealkylation sites (N-methyl/N-ethyl adjacent to an activating group) is 1. The third-order valence-electron chi connectivity index (χ3n) is 3.76. The minimum absolute atomic E-state index is 0.0851. The molecule has 1 saturated heterocycles. The van der Waals surface area contributed by atoms with Gasteiger partial charge in [-0.15, -0.1) is 16.4 Å². The molecule has 0 saturated carbocycles. The van der Waals surface area contributed by atoms with Crippen molar-refractivity contribution in [3.8, 4) is 5.75 Å². The van der Waals surface area contributed by atoms with E-state index in [0.717, 1.165) is 16.3 Å². The molecule has 1 N–H and O–H groups in total. The highest BCUT2D eigenvalue weighted by Gasteiger charge is 2.41. The second kappa shape index (κ2) is 5.06. The van der Waals surface area contributed by atoms with E-state index in [9.17, 15) is 9.59 Å². The fraction of sp³-hybridized carbons (Fsp3) is 0.538. The van der Waals surface area contributed by atoms with E-state index in [-0.39, 0.29) is 17.9 Å². The van der Waals surface area contributed by atoms with Crippen molar-refractivity contribution in [1.82, 2.24) is 9.96 Å². The summed E-state index contributed by atoms with van der Waals surface area (Å²) in [4.78, 5) is 31.1. The number of hydrogen-bond donors (Lipinski definition) is 1. The van der Waals surface area contributed by atoms with Crippen molar-refractivity contribution in [1.29, 1.82) is 0 Å². The lowest BCUT2D eigenvalue weighted by Crippen LogP contribution is -2.54. The summed E-state index contributed by atoms with van der Waals surface area (Å²) in [6.45, 7) is 2.82. The third kappa shape index (κ3) is 1.97. The van der Waals surface area contributed by atoms with Crippen LogP contribution in [0.4, 0.5) is 5.00 Å². The summed E-state index contributed by atoms with van der Waals surface area (Å²) in [5.41, 5.74) is 1.09. The molecule has 1 aromatic rings. The summed E-state index contributed by atoms with van der Waals surface area (Å²) < 4.78 is 0. The van der Waals surface area contributed by atoms with Crippen LogP contribution in [0.2, 0.25) is 0 Å². The van der Waals surface area contributed by atoms with E-state index in [0.29, 0.717) is 25.9 Å². The first kappa shape index (κ1) is 13.4. The number of piperidine rings is 1. The molecular weight excluding hydrogens is 278 g/mol. The number of hydroxylamine groups is 2. The lowest BCUT2D eigenvalue weighted by molar-refractivity contribution is -0.165. The molecule has 20 heavy (non-hydrogen) atoms. The molecule has 108 valence electrons. The van der Waals surface area contributed by atoms with Gasteiger partial charge in [0.05, 0.1) is 11.5 Å². The lowest BCUT2D eigenvalue weighted by Gasteiger charge is -2.33. The summed E-state index contributed by atoms with van der Waals surface area (Å²) in [5, 5.41) is 7.84. The quantitative estimate of drug-likeness (QED) is 0.855. The smallest absolute Gasteiger partial charge is 0.249 e. The first-order valence-corrected chi connectivity index (χ1v) is 7.60. The number of likely N-dealkylation sites (tertiary alicyclic amines) is 1. The van der Waals surface area contributed by atoms with Gasteiger partial charge >= 0.3 is 0 Å². The van der Waals surface area contributed by atoms with Gasteiger partial charge in [0.2, 0.25) is 11.8 Å². The van der Waals surface area contributed by atoms with Crippen LogP contribution in [-0.2, 0) is 16.1 Å². The summed E-state index contributed by atoms with van der Waals surface area (Å²) in [6, 6.07) is -0.366. The molecule has 3 rings (SSSR count). The molecule has 0 aliphatic carbocycles. The topological polar surface area (TPSA) is 61.9 Å². The van der Waals surface area contributed by atoms with Gasteiger partial charge in [0.25, 0.3) is 0 Å². The van der Waals surface area contributed by atoms with Gasteiger partial charge in [-0.3, -0.25) is 14.5 Å². The average Bonchev–Trinajstić information content (AvgIpc) is 2.99. The molecule has 3 heterocycles. The molecule has 6 nitrogen and oxygen atoms in total. The normalized spacial score (nSPS) is 22.9. The first-order valence-electron chi connectivity index (χ1n) is 6.72. The van der Waals surface area contributed by atoms with Gasteiger partial charge in [-0.2, -0.15) is 0 Å². The number of imide groups is 1. The fourth-order valence-electron chi connectivity index (χ4n) is 2.71. The third-order valence-corrected chi connectivity index (χ3v) is 4.78. The number of carbonyl (C=O) groups excluding carboxylic acids is 2. The van der Waals surface area contributed by atoms with Crippen LogP contribution in [0.3, 0.4) is 0 Å². The fourth-order valence-corrected chi connectivity index (χ4v) is 3.55. The minimum Gasteiger partial charge on any atom is -0.404 e. The number of rotatable bonds is 3. The Labute approximate surface area is 121 Å². The maximum Gasteiger partial charge on any atom is 0.249 e. The Kier molecular flexibility index (Phi) is 3.39. The monoisotopic (exact) mass is 295 g/mol. The number of hydrogen-bond acceptors (Lipinski definition) is 6. The zero-order valence-corrected chi connectivity index (χ0v) is 12.3. The van der Waals surface area contributed by atoms with Crippen LogP contribution in [-0.4, -0.2) is 41.4 Å². The molecule has 7 heteroatoms. The summed E-state index contributed by atoms with van der Waals surface area (Å²) in [5.74, 6) is 0.578. The van der Waals surface area contributed by atoms with Gasteiger partial charge in [-0.05, 0) is 13.3 Å². The molecule has 1 atom stereocenters. The maximum absolute atomic E-state index is 12.4. The van der Waals surface area contributed by atoms with Crippen molar-refractivity contribution in [2.24, 2.45) is 0 Å². The van der Waals surface area contributed by atoms with E-state index in [2.05, 4.69) is 5.32 Å². The molecule has 0 bridgehead atoms. The van der Waals surface area contributed by atoms with E-state index in [4.69, 9.17) is 4.84 Å². The van der Waals surface area contributed by atoms with Gasteiger partial charge in [0.15, 0.2) is 5.75 Å². The summed E-state index contributed by atoms with van der Waals surface area (Å²) in [7, 11) is 1.87. The molecule has 1 aromatic heterocycles. The molecular formula is C13H17N3O3S. The van der Waals surface area contributed by atoms with Crippen molar-refractivity contribution in [3.05, 3.63) is 10.9 Å².